The van der Waals surface area contributed by atoms with Crippen molar-refractivity contribution in [1.29, 1.82) is 0 Å². The number of carbonyl (C=O) groups excluding carboxylic acids is 3. The van der Waals surface area contributed by atoms with Crippen LogP contribution < -0.4 is 10.1 Å². The van der Waals surface area contributed by atoms with E-state index in [1.165, 1.54) is 75.6 Å². The minimum absolute atomic E-state index is 0.239. The molecule has 1 amide bonds. The Morgan fingerprint density at radius 2 is 1.45 bits per heavy atom. The molecule has 0 bridgehead atoms. The summed E-state index contributed by atoms with van der Waals surface area (Å²) in [7, 11) is 1.47. The topological polar surface area (TPSA) is 112 Å². The third-order valence-corrected chi connectivity index (χ3v) is 8.35. The second-order valence-corrected chi connectivity index (χ2v) is 12.1. The van der Waals surface area contributed by atoms with Gasteiger partial charge in [0.1, 0.15) is 11.3 Å². The van der Waals surface area contributed by atoms with Crippen LogP contribution in [-0.4, -0.2) is 46.4 Å². The van der Waals surface area contributed by atoms with E-state index in [2.05, 4.69) is 22.6 Å². The maximum Gasteiger partial charge on any atom is 0.338 e. The van der Waals surface area contributed by atoms with E-state index in [0.29, 0.717) is 29.0 Å². The van der Waals surface area contributed by atoms with Crippen molar-refractivity contribution in [2.45, 2.75) is 96.9 Å². The molecule has 0 radical (unpaired) electrons. The van der Waals surface area contributed by atoms with E-state index in [1.807, 2.05) is 19.1 Å². The fraction of sp³-hybridized carbons (Fsp3) is 0.447. The van der Waals surface area contributed by atoms with E-state index in [1.54, 1.807) is 48.5 Å². The molecule has 0 fully saturated rings. The van der Waals surface area contributed by atoms with Gasteiger partial charge in [-0.05, 0) is 49.2 Å². The highest BCUT2D eigenvalue weighted by molar-refractivity contribution is 6.16. The summed E-state index contributed by atoms with van der Waals surface area (Å²) in [6.07, 6.45) is 14.8. The number of amides is 1. The Balaban J connectivity index is 1.36. The third kappa shape index (κ3) is 10.2. The molecule has 3 aromatic carbocycles. The number of hydrogen-bond acceptors (Lipinski definition) is 7. The Morgan fingerprint density at radius 3 is 2.11 bits per heavy atom. The van der Waals surface area contributed by atoms with Crippen molar-refractivity contribution in [3.8, 4) is 5.75 Å². The minimum atomic E-state index is -1.36. The van der Waals surface area contributed by atoms with Crippen LogP contribution in [0, 0.1) is 6.92 Å². The van der Waals surface area contributed by atoms with Crippen molar-refractivity contribution in [1.82, 2.24) is 15.0 Å². The fourth-order valence-electron chi connectivity index (χ4n) is 5.67. The lowest BCUT2D eigenvalue weighted by molar-refractivity contribution is -0.118. The number of aromatic nitrogens is 3. The van der Waals surface area contributed by atoms with Gasteiger partial charge >= 0.3 is 5.97 Å². The molecule has 1 aromatic heterocycles. The van der Waals surface area contributed by atoms with Gasteiger partial charge in [-0.1, -0.05) is 119 Å². The van der Waals surface area contributed by atoms with Crippen LogP contribution in [-0.2, 0) is 9.53 Å². The first-order valence-corrected chi connectivity index (χ1v) is 17.0. The zero-order valence-corrected chi connectivity index (χ0v) is 28.0. The molecular weight excluding hydrogens is 592 g/mol. The van der Waals surface area contributed by atoms with Gasteiger partial charge in [0.05, 0.1) is 30.5 Å². The summed E-state index contributed by atoms with van der Waals surface area (Å²) in [5.74, 6) is -1.25. The van der Waals surface area contributed by atoms with Crippen LogP contribution in [0.4, 0.5) is 5.69 Å². The van der Waals surface area contributed by atoms with Crippen LogP contribution in [0.25, 0.3) is 11.0 Å². The SMILES string of the molecule is CCCCCCCCCCCCCCOC(=O)c1ccc(OC)c(NC(=O)C(C(=O)c2ccccc2)n2nnc3cc(C)ccc32)c1. The number of nitrogens with one attached hydrogen (secondary N) is 1. The summed E-state index contributed by atoms with van der Waals surface area (Å²) in [4.78, 5) is 40.6. The molecule has 1 heterocycles. The number of anilines is 1. The zero-order chi connectivity index (χ0) is 33.4. The highest BCUT2D eigenvalue weighted by Crippen LogP contribution is 2.29. The summed E-state index contributed by atoms with van der Waals surface area (Å²) in [5.41, 5.74) is 2.95. The van der Waals surface area contributed by atoms with Crippen molar-refractivity contribution in [3.63, 3.8) is 0 Å². The van der Waals surface area contributed by atoms with E-state index in [0.717, 1.165) is 24.8 Å². The number of esters is 1. The van der Waals surface area contributed by atoms with Gasteiger partial charge in [-0.25, -0.2) is 9.48 Å². The van der Waals surface area contributed by atoms with Crippen molar-refractivity contribution in [2.24, 2.45) is 0 Å². The number of ketones is 1. The Hall–Kier alpha value is -4.53. The molecule has 0 aliphatic heterocycles. The lowest BCUT2D eigenvalue weighted by atomic mass is 10.0. The molecule has 0 saturated heterocycles. The first kappa shape index (κ1) is 35.3. The predicted octanol–water partition coefficient (Wildman–Crippen LogP) is 8.67. The maximum atomic E-state index is 13.9. The van der Waals surface area contributed by atoms with E-state index in [4.69, 9.17) is 9.47 Å². The predicted molar refractivity (Wildman–Crippen MR) is 185 cm³/mol. The highest BCUT2D eigenvalue weighted by Gasteiger charge is 2.33. The van der Waals surface area contributed by atoms with Gasteiger partial charge in [0.15, 0.2) is 11.8 Å². The summed E-state index contributed by atoms with van der Waals surface area (Å²) >= 11 is 0. The van der Waals surface area contributed by atoms with Gasteiger partial charge in [-0.3, -0.25) is 9.59 Å². The Labute approximate surface area is 278 Å². The van der Waals surface area contributed by atoms with E-state index in [9.17, 15) is 14.4 Å². The van der Waals surface area contributed by atoms with E-state index in [-0.39, 0.29) is 11.3 Å². The minimum Gasteiger partial charge on any atom is -0.495 e. The average molecular weight is 641 g/mol. The molecule has 0 spiro atoms. The number of unbranched alkanes of at least 4 members (excludes halogenated alkanes) is 11. The van der Waals surface area contributed by atoms with Crippen LogP contribution in [0.5, 0.6) is 5.75 Å². The molecule has 4 aromatic rings. The smallest absolute Gasteiger partial charge is 0.338 e. The molecule has 0 saturated carbocycles. The van der Waals surface area contributed by atoms with Gasteiger partial charge in [0, 0.05) is 5.56 Å². The summed E-state index contributed by atoms with van der Waals surface area (Å²) in [6.45, 7) is 4.51. The molecule has 4 rings (SSSR count). The second kappa shape index (κ2) is 18.6. The van der Waals surface area contributed by atoms with Crippen LogP contribution in [0.3, 0.4) is 0 Å². The van der Waals surface area contributed by atoms with Gasteiger partial charge in [-0.2, -0.15) is 0 Å². The third-order valence-electron chi connectivity index (χ3n) is 8.35. The normalized spacial score (nSPS) is 11.7. The van der Waals surface area contributed by atoms with Gasteiger partial charge < -0.3 is 14.8 Å². The number of rotatable bonds is 20. The maximum absolute atomic E-state index is 13.9. The molecule has 1 unspecified atom stereocenters. The van der Waals surface area contributed by atoms with E-state index < -0.39 is 23.7 Å². The largest absolute Gasteiger partial charge is 0.495 e. The highest BCUT2D eigenvalue weighted by atomic mass is 16.5. The monoisotopic (exact) mass is 640 g/mol. The molecule has 9 nitrogen and oxygen atoms in total. The zero-order valence-electron chi connectivity index (χ0n) is 28.0. The molecule has 0 aliphatic carbocycles. The van der Waals surface area contributed by atoms with Crippen molar-refractivity contribution in [2.75, 3.05) is 19.0 Å². The number of hydrogen-bond donors (Lipinski definition) is 1. The first-order chi connectivity index (χ1) is 22.9. The Morgan fingerprint density at radius 1 is 0.787 bits per heavy atom. The Bertz CT molecular complexity index is 1600. The first-order valence-electron chi connectivity index (χ1n) is 17.0. The van der Waals surface area contributed by atoms with Gasteiger partial charge in [0.25, 0.3) is 5.91 Å². The number of aryl methyl sites for hydroxylation is 1. The lowest BCUT2D eigenvalue weighted by Crippen LogP contribution is -2.33. The van der Waals surface area contributed by atoms with E-state index >= 15 is 0 Å². The second-order valence-electron chi connectivity index (χ2n) is 12.1. The molecule has 250 valence electrons. The molecule has 1 N–H and O–H groups in total. The van der Waals surface area contributed by atoms with Gasteiger partial charge in [-0.15, -0.1) is 5.10 Å². The van der Waals surface area contributed by atoms with Crippen LogP contribution in [0.1, 0.15) is 116 Å². The number of fused-ring (bicyclic) bond motifs is 1. The number of benzene rings is 3. The van der Waals surface area contributed by atoms with Crippen molar-refractivity contribution in [3.05, 3.63) is 83.4 Å². The number of carbonyl (C=O) groups is 3. The number of Topliss-reactive ketones (excluding diaryl/α,β-unsaturated/α-hetero) is 1. The molecule has 47 heavy (non-hydrogen) atoms. The van der Waals surface area contributed by atoms with Crippen LogP contribution in [0.2, 0.25) is 0 Å². The van der Waals surface area contributed by atoms with Crippen LogP contribution >= 0.6 is 0 Å². The summed E-state index contributed by atoms with van der Waals surface area (Å²) in [6, 6.07) is 17.4. The number of ether oxygens (including phenoxy) is 2. The lowest BCUT2D eigenvalue weighted by Gasteiger charge is -2.18. The fourth-order valence-corrected chi connectivity index (χ4v) is 5.67. The van der Waals surface area contributed by atoms with Crippen molar-refractivity contribution < 1.29 is 23.9 Å². The summed E-state index contributed by atoms with van der Waals surface area (Å²) in [5, 5.41) is 11.2. The average Bonchev–Trinajstić information content (AvgIpc) is 3.49. The Kier molecular flexibility index (Phi) is 14.0. The van der Waals surface area contributed by atoms with Crippen LogP contribution in [0.15, 0.2) is 66.7 Å². The molecule has 0 aliphatic rings. The molecule has 1 atom stereocenters. The molecular formula is C38H48N4O5. The number of nitrogens with zero attached hydrogens (tertiary/aromatic N) is 3. The number of methoxy groups -OCH3 is 1. The standard InChI is InChI=1S/C38H48N4O5/c1-4-5-6-7-8-9-10-11-12-13-14-18-25-47-38(45)30-22-24-34(46-3)32(27-30)39-37(44)35(36(43)29-19-16-15-17-20-29)42-33-23-21-28(2)26-31(33)40-41-42/h15-17,19-24,26-27,35H,4-14,18,25H2,1-3H3,(H,39,44). The van der Waals surface area contributed by atoms with Crippen molar-refractivity contribution >= 4 is 34.4 Å². The molecule has 9 heteroatoms. The quantitative estimate of drug-likeness (QED) is 0.0445. The van der Waals surface area contributed by atoms with Gasteiger partial charge in [0.2, 0.25) is 0 Å². The summed E-state index contributed by atoms with van der Waals surface area (Å²) < 4.78 is 12.4.